The largest absolute Gasteiger partial charge is 0.493 e. The van der Waals surface area contributed by atoms with Crippen molar-refractivity contribution in [3.05, 3.63) is 41.2 Å². The van der Waals surface area contributed by atoms with Crippen LogP contribution < -0.4 is 20.1 Å². The molecule has 0 aliphatic carbocycles. The minimum absolute atomic E-state index is 0.0287. The maximum absolute atomic E-state index is 11.5. The maximum Gasteiger partial charge on any atom is 0.257 e. The van der Waals surface area contributed by atoms with E-state index in [2.05, 4.69) is 22.7 Å². The number of hydrogen-bond acceptors (Lipinski definition) is 5. The van der Waals surface area contributed by atoms with Gasteiger partial charge in [-0.25, -0.2) is 0 Å². The molecule has 7 heteroatoms. The van der Waals surface area contributed by atoms with Gasteiger partial charge in [0.15, 0.2) is 18.1 Å². The van der Waals surface area contributed by atoms with Crippen LogP contribution in [0.4, 0.5) is 0 Å². The number of likely N-dealkylation sites (N-methyl/N-ethyl adjacent to an activating group) is 1. The number of aromatic nitrogens is 2. The topological polar surface area (TPSA) is 77.4 Å². The van der Waals surface area contributed by atoms with Crippen molar-refractivity contribution in [1.29, 1.82) is 0 Å². The van der Waals surface area contributed by atoms with Crippen LogP contribution in [-0.4, -0.2) is 35.9 Å². The normalized spacial score (nSPS) is 11.9. The number of hydrogen-bond donors (Lipinski definition) is 2. The van der Waals surface area contributed by atoms with Gasteiger partial charge in [-0.2, -0.15) is 5.10 Å². The molecule has 1 atom stereocenters. The van der Waals surface area contributed by atoms with E-state index in [4.69, 9.17) is 9.47 Å². The van der Waals surface area contributed by atoms with Crippen LogP contribution in [0, 0.1) is 6.92 Å². The molecule has 0 aliphatic rings. The molecule has 2 rings (SSSR count). The van der Waals surface area contributed by atoms with Gasteiger partial charge in [-0.1, -0.05) is 6.07 Å². The van der Waals surface area contributed by atoms with Crippen LogP contribution in [0.3, 0.4) is 0 Å². The molecule has 2 aromatic rings. The van der Waals surface area contributed by atoms with Crippen LogP contribution >= 0.6 is 0 Å². The highest BCUT2D eigenvalue weighted by Gasteiger charge is 2.12. The first-order valence-corrected chi connectivity index (χ1v) is 8.74. The minimum Gasteiger partial charge on any atom is -0.493 e. The second kappa shape index (κ2) is 9.24. The Labute approximate surface area is 154 Å². The van der Waals surface area contributed by atoms with E-state index in [1.54, 1.807) is 7.11 Å². The number of ether oxygens (including phenoxy) is 2. The van der Waals surface area contributed by atoms with E-state index in [1.807, 2.05) is 50.0 Å². The first-order valence-electron chi connectivity index (χ1n) is 8.74. The van der Waals surface area contributed by atoms with Crippen LogP contribution in [0.15, 0.2) is 24.4 Å². The van der Waals surface area contributed by atoms with Crippen LogP contribution in [-0.2, 0) is 18.4 Å². The SMILES string of the molecule is CCNC(=O)COc1ccc(CNC(C)c2cn(C)nc2C)cc1OC. The lowest BCUT2D eigenvalue weighted by atomic mass is 10.1. The van der Waals surface area contributed by atoms with Gasteiger partial charge in [-0.05, 0) is 38.5 Å². The highest BCUT2D eigenvalue weighted by molar-refractivity contribution is 5.77. The molecule has 1 aromatic carbocycles. The van der Waals surface area contributed by atoms with E-state index >= 15 is 0 Å². The van der Waals surface area contributed by atoms with Crippen molar-refractivity contribution in [2.45, 2.75) is 33.4 Å². The van der Waals surface area contributed by atoms with E-state index in [1.165, 1.54) is 5.56 Å². The summed E-state index contributed by atoms with van der Waals surface area (Å²) in [7, 11) is 3.51. The van der Waals surface area contributed by atoms with Gasteiger partial charge in [0.25, 0.3) is 5.91 Å². The van der Waals surface area contributed by atoms with E-state index < -0.39 is 0 Å². The van der Waals surface area contributed by atoms with Crippen LogP contribution in [0.5, 0.6) is 11.5 Å². The van der Waals surface area contributed by atoms with Gasteiger partial charge < -0.3 is 20.1 Å². The number of carbonyl (C=O) groups excluding carboxylic acids is 1. The number of aryl methyl sites for hydroxylation is 2. The van der Waals surface area contributed by atoms with Gasteiger partial charge in [-0.15, -0.1) is 0 Å². The molecule has 1 aromatic heterocycles. The van der Waals surface area contributed by atoms with Gasteiger partial charge in [0.1, 0.15) is 0 Å². The number of methoxy groups -OCH3 is 1. The van der Waals surface area contributed by atoms with Gasteiger partial charge in [0.2, 0.25) is 0 Å². The van der Waals surface area contributed by atoms with Crippen molar-refractivity contribution in [3.8, 4) is 11.5 Å². The smallest absolute Gasteiger partial charge is 0.257 e. The second-order valence-corrected chi connectivity index (χ2v) is 6.17. The Hall–Kier alpha value is -2.54. The van der Waals surface area contributed by atoms with Crippen molar-refractivity contribution < 1.29 is 14.3 Å². The standard InChI is InChI=1S/C19H28N4O3/c1-6-20-19(24)12-26-17-8-7-15(9-18(17)25-5)10-21-13(2)16-11-23(4)22-14(16)3/h7-9,11,13,21H,6,10,12H2,1-5H3,(H,20,24). The number of nitrogens with one attached hydrogen (secondary N) is 2. The zero-order valence-corrected chi connectivity index (χ0v) is 16.1. The Morgan fingerprint density at radius 2 is 2.12 bits per heavy atom. The molecule has 0 fully saturated rings. The lowest BCUT2D eigenvalue weighted by Crippen LogP contribution is -2.28. The molecule has 2 N–H and O–H groups in total. The molecule has 142 valence electrons. The molecule has 1 amide bonds. The summed E-state index contributed by atoms with van der Waals surface area (Å²) < 4.78 is 12.8. The van der Waals surface area contributed by atoms with Crippen LogP contribution in [0.1, 0.15) is 36.7 Å². The molecule has 0 spiro atoms. The molecule has 7 nitrogen and oxygen atoms in total. The molecule has 0 aliphatic heterocycles. The Balaban J connectivity index is 1.97. The highest BCUT2D eigenvalue weighted by atomic mass is 16.5. The third kappa shape index (κ3) is 5.23. The second-order valence-electron chi connectivity index (χ2n) is 6.17. The molecule has 0 saturated carbocycles. The molecular weight excluding hydrogens is 332 g/mol. The molecule has 26 heavy (non-hydrogen) atoms. The van der Waals surface area contributed by atoms with Crippen molar-refractivity contribution in [3.63, 3.8) is 0 Å². The zero-order valence-electron chi connectivity index (χ0n) is 16.1. The number of benzene rings is 1. The summed E-state index contributed by atoms with van der Waals surface area (Å²) in [4.78, 5) is 11.5. The van der Waals surface area contributed by atoms with Crippen molar-refractivity contribution >= 4 is 5.91 Å². The Bertz CT molecular complexity index is 742. The predicted molar refractivity (Wildman–Crippen MR) is 100 cm³/mol. The van der Waals surface area contributed by atoms with Crippen LogP contribution in [0.25, 0.3) is 0 Å². The highest BCUT2D eigenvalue weighted by Crippen LogP contribution is 2.28. The van der Waals surface area contributed by atoms with Gasteiger partial charge >= 0.3 is 0 Å². The van der Waals surface area contributed by atoms with Gasteiger partial charge in [0.05, 0.1) is 12.8 Å². The first-order chi connectivity index (χ1) is 12.4. The monoisotopic (exact) mass is 360 g/mol. The fourth-order valence-corrected chi connectivity index (χ4v) is 2.76. The van der Waals surface area contributed by atoms with Gasteiger partial charge in [-0.3, -0.25) is 9.48 Å². The summed E-state index contributed by atoms with van der Waals surface area (Å²) >= 11 is 0. The first kappa shape index (κ1) is 19.8. The Morgan fingerprint density at radius 1 is 1.35 bits per heavy atom. The molecule has 1 heterocycles. The molecule has 0 saturated heterocycles. The average Bonchev–Trinajstić information content (AvgIpc) is 2.96. The van der Waals surface area contributed by atoms with E-state index in [0.29, 0.717) is 24.6 Å². The van der Waals surface area contributed by atoms with Crippen molar-refractivity contribution in [1.82, 2.24) is 20.4 Å². The minimum atomic E-state index is -0.152. The Morgan fingerprint density at radius 3 is 2.73 bits per heavy atom. The lowest BCUT2D eigenvalue weighted by Gasteiger charge is -2.15. The molecular formula is C19H28N4O3. The van der Waals surface area contributed by atoms with Crippen LogP contribution in [0.2, 0.25) is 0 Å². The van der Waals surface area contributed by atoms with E-state index in [0.717, 1.165) is 11.3 Å². The fraction of sp³-hybridized carbons (Fsp3) is 0.474. The van der Waals surface area contributed by atoms with Crippen molar-refractivity contribution in [2.24, 2.45) is 7.05 Å². The molecule has 0 radical (unpaired) electrons. The molecule has 0 bridgehead atoms. The fourth-order valence-electron chi connectivity index (χ4n) is 2.76. The number of rotatable bonds is 9. The van der Waals surface area contributed by atoms with Gasteiger partial charge in [0, 0.05) is 37.9 Å². The predicted octanol–water partition coefficient (Wildman–Crippen LogP) is 2.10. The van der Waals surface area contributed by atoms with Crippen molar-refractivity contribution in [2.75, 3.05) is 20.3 Å². The quantitative estimate of drug-likeness (QED) is 0.716. The summed E-state index contributed by atoms with van der Waals surface area (Å²) in [5, 5.41) is 10.6. The third-order valence-electron chi connectivity index (χ3n) is 4.09. The van der Waals surface area contributed by atoms with E-state index in [-0.39, 0.29) is 18.6 Å². The lowest BCUT2D eigenvalue weighted by molar-refractivity contribution is -0.123. The number of carbonyl (C=O) groups is 1. The summed E-state index contributed by atoms with van der Waals surface area (Å²) in [6.07, 6.45) is 2.03. The van der Waals surface area contributed by atoms with E-state index in [9.17, 15) is 4.79 Å². The Kier molecular flexibility index (Phi) is 7.03. The third-order valence-corrected chi connectivity index (χ3v) is 4.09. The summed E-state index contributed by atoms with van der Waals surface area (Å²) in [5.74, 6) is 1.01. The maximum atomic E-state index is 11.5. The summed E-state index contributed by atoms with van der Waals surface area (Å²) in [6.45, 7) is 7.23. The summed E-state index contributed by atoms with van der Waals surface area (Å²) in [6, 6.07) is 5.90. The average molecular weight is 360 g/mol. The number of amides is 1. The zero-order chi connectivity index (χ0) is 19.1. The molecule has 1 unspecified atom stereocenters. The summed E-state index contributed by atoms with van der Waals surface area (Å²) in [5.41, 5.74) is 3.28. The number of nitrogens with zero attached hydrogens (tertiary/aromatic N) is 2.